The van der Waals surface area contributed by atoms with Gasteiger partial charge in [0.25, 0.3) is 0 Å². The Labute approximate surface area is 221 Å². The van der Waals surface area contributed by atoms with E-state index in [2.05, 4.69) is 17.5 Å². The predicted molar refractivity (Wildman–Crippen MR) is 142 cm³/mol. The van der Waals surface area contributed by atoms with Gasteiger partial charge >= 0.3 is 0 Å². The molecule has 1 aliphatic heterocycles. The fourth-order valence-electron chi connectivity index (χ4n) is 6.88. The summed E-state index contributed by atoms with van der Waals surface area (Å²) in [6.07, 6.45) is 5.68. The molecule has 3 aromatic rings. The Morgan fingerprint density at radius 3 is 1.95 bits per heavy atom. The van der Waals surface area contributed by atoms with Gasteiger partial charge in [-0.1, -0.05) is 60.7 Å². The predicted octanol–water partition coefficient (Wildman–Crippen LogP) is 5.08. The average Bonchev–Trinajstić information content (AvgIpc) is 3.73. The molecule has 0 radical (unpaired) electrons. The van der Waals surface area contributed by atoms with Gasteiger partial charge in [-0.3, -0.25) is 19.3 Å². The highest BCUT2D eigenvalue weighted by atomic mass is 16.5. The zero-order valence-electron chi connectivity index (χ0n) is 20.8. The average molecular weight is 505 g/mol. The summed E-state index contributed by atoms with van der Waals surface area (Å²) in [5.41, 5.74) is 1.48. The fraction of sp³-hybridized carbons (Fsp3) is 0.281. The Morgan fingerprint density at radius 1 is 0.789 bits per heavy atom. The first-order chi connectivity index (χ1) is 18.6. The molecule has 6 heteroatoms. The van der Waals surface area contributed by atoms with Gasteiger partial charge < -0.3 is 10.1 Å². The molecule has 3 aromatic carbocycles. The van der Waals surface area contributed by atoms with E-state index in [1.807, 2.05) is 60.7 Å². The van der Waals surface area contributed by atoms with Crippen molar-refractivity contribution in [2.75, 3.05) is 5.32 Å². The highest BCUT2D eigenvalue weighted by molar-refractivity contribution is 6.10. The molecule has 190 valence electrons. The van der Waals surface area contributed by atoms with Gasteiger partial charge in [0.15, 0.2) is 0 Å². The lowest BCUT2D eigenvalue weighted by atomic mass is 9.63. The van der Waals surface area contributed by atoms with Gasteiger partial charge in [-0.05, 0) is 72.1 Å². The lowest BCUT2D eigenvalue weighted by Gasteiger charge is -2.37. The Bertz CT molecular complexity index is 1380. The number of likely N-dealkylation sites (tertiary alicyclic amines) is 1. The summed E-state index contributed by atoms with van der Waals surface area (Å²) in [6, 6.07) is 25.2. The van der Waals surface area contributed by atoms with Crippen molar-refractivity contribution in [2.45, 2.75) is 18.9 Å². The summed E-state index contributed by atoms with van der Waals surface area (Å²) < 4.78 is 5.85. The Morgan fingerprint density at radius 2 is 1.34 bits per heavy atom. The summed E-state index contributed by atoms with van der Waals surface area (Å²) in [4.78, 5) is 42.6. The molecular formula is C32H28N2O4. The van der Waals surface area contributed by atoms with Crippen LogP contribution in [0.15, 0.2) is 97.1 Å². The van der Waals surface area contributed by atoms with Gasteiger partial charge in [0.1, 0.15) is 17.5 Å². The number of ether oxygens (including phenoxy) is 1. The number of para-hydroxylation sites is 1. The first kappa shape index (κ1) is 23.0. The van der Waals surface area contributed by atoms with Gasteiger partial charge in [0.05, 0.1) is 11.8 Å². The van der Waals surface area contributed by atoms with Gasteiger partial charge in [-0.25, -0.2) is 0 Å². The molecule has 1 N–H and O–H groups in total. The van der Waals surface area contributed by atoms with E-state index in [0.717, 1.165) is 17.7 Å². The van der Waals surface area contributed by atoms with Gasteiger partial charge in [-0.2, -0.15) is 0 Å². The number of nitrogens with one attached hydrogen (secondary N) is 1. The third kappa shape index (κ3) is 3.83. The third-order valence-corrected chi connectivity index (χ3v) is 8.68. The molecule has 2 saturated carbocycles. The molecule has 1 saturated heterocycles. The zero-order valence-corrected chi connectivity index (χ0v) is 20.8. The molecule has 8 rings (SSSR count). The fourth-order valence-corrected chi connectivity index (χ4v) is 6.88. The van der Waals surface area contributed by atoms with Crippen LogP contribution in [0, 0.1) is 35.5 Å². The van der Waals surface area contributed by atoms with Gasteiger partial charge in [-0.15, -0.1) is 0 Å². The number of carbonyl (C=O) groups is 3. The van der Waals surface area contributed by atoms with E-state index >= 15 is 0 Å². The molecule has 3 fully saturated rings. The summed E-state index contributed by atoms with van der Waals surface area (Å²) in [7, 11) is 0. The maximum absolute atomic E-state index is 13.8. The number of anilines is 1. The van der Waals surface area contributed by atoms with E-state index in [-0.39, 0.29) is 47.8 Å². The number of nitrogens with zero attached hydrogens (tertiary/aromatic N) is 1. The number of rotatable bonds is 7. The first-order valence-corrected chi connectivity index (χ1v) is 13.3. The van der Waals surface area contributed by atoms with Crippen molar-refractivity contribution < 1.29 is 19.1 Å². The van der Waals surface area contributed by atoms with E-state index in [9.17, 15) is 14.4 Å². The number of benzene rings is 3. The third-order valence-electron chi connectivity index (χ3n) is 8.68. The van der Waals surface area contributed by atoms with Crippen molar-refractivity contribution in [1.82, 2.24) is 4.90 Å². The second-order valence-electron chi connectivity index (χ2n) is 10.8. The monoisotopic (exact) mass is 504 g/mol. The van der Waals surface area contributed by atoms with E-state index < -0.39 is 6.04 Å². The molecule has 0 spiro atoms. The lowest BCUT2D eigenvalue weighted by molar-refractivity contribution is -0.146. The van der Waals surface area contributed by atoms with E-state index in [0.29, 0.717) is 23.3 Å². The lowest BCUT2D eigenvalue weighted by Crippen LogP contribution is -2.49. The largest absolute Gasteiger partial charge is 0.457 e. The smallest absolute Gasteiger partial charge is 0.248 e. The quantitative estimate of drug-likeness (QED) is 0.360. The normalized spacial score (nSPS) is 29.0. The number of hydrogen-bond donors (Lipinski definition) is 1. The molecule has 5 aliphatic rings. The maximum Gasteiger partial charge on any atom is 0.248 e. The second kappa shape index (κ2) is 8.98. The van der Waals surface area contributed by atoms with Crippen molar-refractivity contribution in [2.24, 2.45) is 35.5 Å². The van der Waals surface area contributed by atoms with Crippen LogP contribution in [0.3, 0.4) is 0 Å². The molecular weight excluding hydrogens is 476 g/mol. The van der Waals surface area contributed by atoms with Crippen LogP contribution in [-0.4, -0.2) is 28.7 Å². The molecule has 1 heterocycles. The Kier molecular flexibility index (Phi) is 5.43. The Hall–Kier alpha value is -4.19. The molecule has 0 unspecified atom stereocenters. The first-order valence-electron chi connectivity index (χ1n) is 13.3. The van der Waals surface area contributed by atoms with Crippen LogP contribution in [0.2, 0.25) is 0 Å². The van der Waals surface area contributed by atoms with Crippen LogP contribution in [0.4, 0.5) is 5.69 Å². The summed E-state index contributed by atoms with van der Waals surface area (Å²) in [5, 5.41) is 2.95. The van der Waals surface area contributed by atoms with Crippen LogP contribution < -0.4 is 10.1 Å². The number of amides is 3. The van der Waals surface area contributed by atoms with E-state index in [4.69, 9.17) is 4.74 Å². The minimum Gasteiger partial charge on any atom is -0.457 e. The van der Waals surface area contributed by atoms with Crippen LogP contribution in [-0.2, 0) is 20.8 Å². The van der Waals surface area contributed by atoms with Crippen LogP contribution in [0.1, 0.15) is 12.0 Å². The Balaban J connectivity index is 1.14. The standard InChI is InChI=1S/C32H28N2O4/c35-30(33-20-11-13-22(14-12-20)38-21-9-5-2-6-10-21)27(17-19-7-3-1-4-8-19)34-31(36)28-23-15-16-24(26-18-25(23)26)29(28)32(34)37/h1-16,23-29H,17-18H2,(H,33,35)/t23-,24-,25-,26-,27-,28-,29+/m0/s1. The highest BCUT2D eigenvalue weighted by Gasteiger charge is 2.67. The van der Waals surface area contributed by atoms with Crippen molar-refractivity contribution in [3.8, 4) is 11.5 Å². The van der Waals surface area contributed by atoms with Crippen LogP contribution in [0.5, 0.6) is 11.5 Å². The van der Waals surface area contributed by atoms with Crippen molar-refractivity contribution in [3.63, 3.8) is 0 Å². The van der Waals surface area contributed by atoms with Gasteiger partial charge in [0.2, 0.25) is 17.7 Å². The number of allylic oxidation sites excluding steroid dienone is 2. The summed E-state index contributed by atoms with van der Waals surface area (Å²) >= 11 is 0. The number of imide groups is 1. The van der Waals surface area contributed by atoms with Crippen molar-refractivity contribution in [1.29, 1.82) is 0 Å². The number of carbonyl (C=O) groups excluding carboxylic acids is 3. The second-order valence-corrected chi connectivity index (χ2v) is 10.8. The highest BCUT2D eigenvalue weighted by Crippen LogP contribution is 2.65. The topological polar surface area (TPSA) is 75.7 Å². The molecule has 7 atom stereocenters. The zero-order chi connectivity index (χ0) is 25.8. The maximum atomic E-state index is 13.8. The minimum atomic E-state index is -0.918. The molecule has 0 aromatic heterocycles. The van der Waals surface area contributed by atoms with Crippen molar-refractivity contribution >= 4 is 23.4 Å². The molecule has 6 nitrogen and oxygen atoms in total. The SMILES string of the molecule is O=C(Nc1ccc(Oc2ccccc2)cc1)[C@H](Cc1ccccc1)N1C(=O)[C@@H]2[C@H]3C=C[C@@H]([C@@H]4C[C@@H]34)[C@@H]2C1=O. The molecule has 2 bridgehead atoms. The van der Waals surface area contributed by atoms with E-state index in [1.54, 1.807) is 24.3 Å². The van der Waals surface area contributed by atoms with Crippen LogP contribution in [0.25, 0.3) is 0 Å². The number of hydrogen-bond acceptors (Lipinski definition) is 4. The van der Waals surface area contributed by atoms with Gasteiger partial charge in [0, 0.05) is 12.1 Å². The molecule has 3 amide bonds. The molecule has 4 aliphatic carbocycles. The summed E-state index contributed by atoms with van der Waals surface area (Å²) in [5.74, 6) is 1.23. The molecule has 38 heavy (non-hydrogen) atoms. The van der Waals surface area contributed by atoms with Crippen LogP contribution >= 0.6 is 0 Å². The van der Waals surface area contributed by atoms with E-state index in [1.165, 1.54) is 4.90 Å². The van der Waals surface area contributed by atoms with Crippen molar-refractivity contribution in [3.05, 3.63) is 103 Å². The minimum absolute atomic E-state index is 0.119. The summed E-state index contributed by atoms with van der Waals surface area (Å²) in [6.45, 7) is 0.